The van der Waals surface area contributed by atoms with Crippen LogP contribution in [0.3, 0.4) is 0 Å². The summed E-state index contributed by atoms with van der Waals surface area (Å²) in [7, 11) is 0. The first kappa shape index (κ1) is 34.1. The minimum absolute atomic E-state index is 0.615. The molecule has 0 aliphatic carbocycles. The van der Waals surface area contributed by atoms with Crippen molar-refractivity contribution >= 4 is 53.3 Å². The molecule has 3 aromatic heterocycles. The SMILES string of the molecule is Cc1cc(C)cc(-c2ccc3c(c2)c2ccccc2n3-c2ccc(-c3ccc4sc5ccccc5c4c3)cc2-c2nc(-c3ccccc3)nc(-c3ccccc3)n2)c1. The van der Waals surface area contributed by atoms with Crippen molar-refractivity contribution in [2.24, 2.45) is 0 Å². The van der Waals surface area contributed by atoms with Gasteiger partial charge in [-0.05, 0) is 84.6 Å². The van der Waals surface area contributed by atoms with Crippen LogP contribution in [0.1, 0.15) is 11.1 Å². The van der Waals surface area contributed by atoms with E-state index in [1.165, 1.54) is 53.2 Å². The van der Waals surface area contributed by atoms with Gasteiger partial charge in [-0.25, -0.2) is 15.0 Å². The van der Waals surface area contributed by atoms with Crippen LogP contribution in [-0.4, -0.2) is 19.5 Å². The molecule has 0 amide bonds. The maximum absolute atomic E-state index is 5.28. The number of thiophene rings is 1. The molecule has 0 N–H and O–H groups in total. The zero-order valence-corrected chi connectivity index (χ0v) is 32.8. The number of nitrogens with zero attached hydrogens (tertiary/aromatic N) is 4. The minimum Gasteiger partial charge on any atom is -0.309 e. The summed E-state index contributed by atoms with van der Waals surface area (Å²) < 4.78 is 4.97. The maximum atomic E-state index is 5.28. The summed E-state index contributed by atoms with van der Waals surface area (Å²) in [4.78, 5) is 15.6. The Bertz CT molecular complexity index is 3280. The molecule has 0 radical (unpaired) electrons. The van der Waals surface area contributed by atoms with E-state index in [4.69, 9.17) is 15.0 Å². The third-order valence-electron chi connectivity index (χ3n) is 11.1. The highest BCUT2D eigenvalue weighted by Gasteiger charge is 2.21. The lowest BCUT2D eigenvalue weighted by molar-refractivity contribution is 1.06. The highest BCUT2D eigenvalue weighted by molar-refractivity contribution is 7.25. The zero-order chi connectivity index (χ0) is 38.7. The summed E-state index contributed by atoms with van der Waals surface area (Å²) in [6.45, 7) is 4.33. The first-order valence-corrected chi connectivity index (χ1v) is 20.4. The molecule has 0 saturated heterocycles. The summed E-state index contributed by atoms with van der Waals surface area (Å²) in [6, 6.07) is 65.0. The van der Waals surface area contributed by atoms with Crippen molar-refractivity contribution < 1.29 is 0 Å². The molecule has 0 aliphatic heterocycles. The molecule has 8 aromatic carbocycles. The van der Waals surface area contributed by atoms with Gasteiger partial charge in [0.1, 0.15) is 0 Å². The van der Waals surface area contributed by atoms with Crippen LogP contribution in [0, 0.1) is 13.8 Å². The molecule has 0 bridgehead atoms. The Morgan fingerprint density at radius 1 is 0.362 bits per heavy atom. The van der Waals surface area contributed by atoms with Gasteiger partial charge in [0.05, 0.1) is 16.7 Å². The van der Waals surface area contributed by atoms with Gasteiger partial charge in [0.25, 0.3) is 0 Å². The lowest BCUT2D eigenvalue weighted by atomic mass is 9.98. The van der Waals surface area contributed by atoms with Crippen LogP contribution in [0.25, 0.3) is 104 Å². The van der Waals surface area contributed by atoms with Gasteiger partial charge in [0.2, 0.25) is 0 Å². The number of rotatable bonds is 6. The Morgan fingerprint density at radius 2 is 0.897 bits per heavy atom. The van der Waals surface area contributed by atoms with Crippen LogP contribution in [0.15, 0.2) is 182 Å². The molecule has 3 heterocycles. The number of benzene rings is 8. The quantitative estimate of drug-likeness (QED) is 0.169. The third-order valence-corrected chi connectivity index (χ3v) is 12.3. The van der Waals surface area contributed by atoms with Gasteiger partial charge < -0.3 is 4.57 Å². The third kappa shape index (κ3) is 5.87. The first-order valence-electron chi connectivity index (χ1n) is 19.6. The normalized spacial score (nSPS) is 11.6. The fourth-order valence-corrected chi connectivity index (χ4v) is 9.56. The van der Waals surface area contributed by atoms with E-state index in [-0.39, 0.29) is 0 Å². The van der Waals surface area contributed by atoms with E-state index in [9.17, 15) is 0 Å². The van der Waals surface area contributed by atoms with Crippen molar-refractivity contribution in [2.75, 3.05) is 0 Å². The van der Waals surface area contributed by atoms with Crippen molar-refractivity contribution in [3.63, 3.8) is 0 Å². The van der Waals surface area contributed by atoms with E-state index < -0.39 is 0 Å². The lowest BCUT2D eigenvalue weighted by Gasteiger charge is -2.16. The topological polar surface area (TPSA) is 43.6 Å². The molecule has 0 aliphatic rings. The van der Waals surface area contributed by atoms with E-state index >= 15 is 0 Å². The van der Waals surface area contributed by atoms with Gasteiger partial charge in [0, 0.05) is 47.6 Å². The Morgan fingerprint density at radius 3 is 1.64 bits per heavy atom. The zero-order valence-electron chi connectivity index (χ0n) is 32.0. The molecule has 0 unspecified atom stereocenters. The Balaban J connectivity index is 1.19. The number of aryl methyl sites for hydroxylation is 2. The van der Waals surface area contributed by atoms with Crippen molar-refractivity contribution in [3.05, 3.63) is 193 Å². The van der Waals surface area contributed by atoms with Gasteiger partial charge in [0.15, 0.2) is 17.5 Å². The maximum Gasteiger partial charge on any atom is 0.166 e. The fourth-order valence-electron chi connectivity index (χ4n) is 8.48. The van der Waals surface area contributed by atoms with E-state index in [1.807, 2.05) is 47.7 Å². The molecule has 58 heavy (non-hydrogen) atoms. The van der Waals surface area contributed by atoms with E-state index in [1.54, 1.807) is 0 Å². The first-order chi connectivity index (χ1) is 28.5. The predicted molar refractivity (Wildman–Crippen MR) is 244 cm³/mol. The summed E-state index contributed by atoms with van der Waals surface area (Å²) >= 11 is 1.84. The second-order valence-corrected chi connectivity index (χ2v) is 16.1. The van der Waals surface area contributed by atoms with Gasteiger partial charge >= 0.3 is 0 Å². The molecule has 274 valence electrons. The monoisotopic (exact) mass is 760 g/mol. The minimum atomic E-state index is 0.615. The molecule has 5 heteroatoms. The summed E-state index contributed by atoms with van der Waals surface area (Å²) in [5.41, 5.74) is 13.2. The average Bonchev–Trinajstić information content (AvgIpc) is 3.81. The number of fused-ring (bicyclic) bond motifs is 6. The smallest absolute Gasteiger partial charge is 0.166 e. The summed E-state index contributed by atoms with van der Waals surface area (Å²) in [5, 5.41) is 4.94. The van der Waals surface area contributed by atoms with Gasteiger partial charge in [-0.1, -0.05) is 145 Å². The highest BCUT2D eigenvalue weighted by atomic mass is 32.1. The Labute approximate surface area is 340 Å². The molecular formula is C53H36N4S. The molecule has 0 spiro atoms. The van der Waals surface area contributed by atoms with Crippen molar-refractivity contribution in [1.29, 1.82) is 0 Å². The number of aromatic nitrogens is 4. The van der Waals surface area contributed by atoms with Crippen LogP contribution in [0.2, 0.25) is 0 Å². The standard InChI is InChI=1S/C53H36N4S/c1-33-27-34(2)29-40(28-33)39-22-24-47-43(30-39)41-17-9-11-19-46(41)57(47)48-25-21-37(38-23-26-50-44(31-38)42-18-10-12-20-49(42)58-50)32-45(48)53-55-51(35-13-5-3-6-14-35)54-52(56-53)36-15-7-4-8-16-36/h3-32H,1-2H3. The van der Waals surface area contributed by atoms with Crippen LogP contribution < -0.4 is 0 Å². The van der Waals surface area contributed by atoms with Crippen LogP contribution in [0.4, 0.5) is 0 Å². The van der Waals surface area contributed by atoms with Crippen LogP contribution >= 0.6 is 11.3 Å². The summed E-state index contributed by atoms with van der Waals surface area (Å²) in [5.74, 6) is 1.88. The predicted octanol–water partition coefficient (Wildman–Crippen LogP) is 14.3. The number of hydrogen-bond acceptors (Lipinski definition) is 4. The molecule has 11 aromatic rings. The Kier molecular flexibility index (Phi) is 8.09. The largest absolute Gasteiger partial charge is 0.309 e. The Hall–Kier alpha value is -7.21. The second kappa shape index (κ2) is 13.8. The van der Waals surface area contributed by atoms with Crippen LogP contribution in [-0.2, 0) is 0 Å². The molecule has 11 rings (SSSR count). The van der Waals surface area contributed by atoms with E-state index in [0.29, 0.717) is 17.5 Å². The van der Waals surface area contributed by atoms with Crippen molar-refractivity contribution in [3.8, 4) is 62.1 Å². The second-order valence-electron chi connectivity index (χ2n) is 15.0. The summed E-state index contributed by atoms with van der Waals surface area (Å²) in [6.07, 6.45) is 0. The molecule has 0 saturated carbocycles. The van der Waals surface area contributed by atoms with Crippen molar-refractivity contribution in [1.82, 2.24) is 19.5 Å². The van der Waals surface area contributed by atoms with E-state index in [2.05, 4.69) is 164 Å². The van der Waals surface area contributed by atoms with Gasteiger partial charge in [-0.15, -0.1) is 11.3 Å². The number of hydrogen-bond donors (Lipinski definition) is 0. The van der Waals surface area contributed by atoms with Gasteiger partial charge in [-0.2, -0.15) is 0 Å². The molecule has 0 atom stereocenters. The molecule has 4 nitrogen and oxygen atoms in total. The average molecular weight is 761 g/mol. The van der Waals surface area contributed by atoms with Crippen molar-refractivity contribution in [2.45, 2.75) is 13.8 Å². The molecule has 0 fully saturated rings. The number of para-hydroxylation sites is 1. The fraction of sp³-hybridized carbons (Fsp3) is 0.0377. The van der Waals surface area contributed by atoms with Crippen LogP contribution in [0.5, 0.6) is 0 Å². The molecular weight excluding hydrogens is 725 g/mol. The lowest BCUT2D eigenvalue weighted by Crippen LogP contribution is -2.04. The van der Waals surface area contributed by atoms with E-state index in [0.717, 1.165) is 44.5 Å². The van der Waals surface area contributed by atoms with Gasteiger partial charge in [-0.3, -0.25) is 0 Å². The highest BCUT2D eigenvalue weighted by Crippen LogP contribution is 2.41.